The molecular formula is C17H23BrN2O2. The highest BCUT2D eigenvalue weighted by atomic mass is 79.9. The van der Waals surface area contributed by atoms with E-state index >= 15 is 0 Å². The van der Waals surface area contributed by atoms with Crippen molar-refractivity contribution in [2.75, 3.05) is 26.7 Å². The lowest BCUT2D eigenvalue weighted by atomic mass is 10.0. The zero-order valence-electron chi connectivity index (χ0n) is 13.0. The van der Waals surface area contributed by atoms with Gasteiger partial charge in [-0.3, -0.25) is 4.79 Å². The molecule has 0 bridgehead atoms. The van der Waals surface area contributed by atoms with Crippen LogP contribution >= 0.6 is 15.9 Å². The number of hydrogen-bond acceptors (Lipinski definition) is 3. The molecule has 3 rings (SSSR count). The Hall–Kier alpha value is -1.07. The zero-order valence-corrected chi connectivity index (χ0v) is 14.6. The number of rotatable bonds is 5. The molecule has 2 aliphatic rings. The molecule has 1 aliphatic carbocycles. The van der Waals surface area contributed by atoms with E-state index in [-0.39, 0.29) is 5.91 Å². The van der Waals surface area contributed by atoms with Gasteiger partial charge in [0.15, 0.2) is 0 Å². The highest BCUT2D eigenvalue weighted by molar-refractivity contribution is 9.10. The van der Waals surface area contributed by atoms with E-state index in [4.69, 9.17) is 4.74 Å². The van der Waals surface area contributed by atoms with Gasteiger partial charge in [0.2, 0.25) is 0 Å². The first kappa shape index (κ1) is 15.8. The van der Waals surface area contributed by atoms with Crippen molar-refractivity contribution >= 4 is 21.8 Å². The number of carbonyl (C=O) groups is 1. The maximum atomic E-state index is 12.7. The molecule has 120 valence electrons. The van der Waals surface area contributed by atoms with Gasteiger partial charge in [-0.2, -0.15) is 0 Å². The maximum Gasteiger partial charge on any atom is 0.255 e. The van der Waals surface area contributed by atoms with Gasteiger partial charge in [-0.25, -0.2) is 0 Å². The van der Waals surface area contributed by atoms with E-state index in [9.17, 15) is 4.79 Å². The van der Waals surface area contributed by atoms with Crippen LogP contribution in [-0.2, 0) is 0 Å². The summed E-state index contributed by atoms with van der Waals surface area (Å²) in [5, 5.41) is 3.65. The predicted molar refractivity (Wildman–Crippen MR) is 90.3 cm³/mol. The van der Waals surface area contributed by atoms with Crippen molar-refractivity contribution in [3.05, 3.63) is 28.2 Å². The van der Waals surface area contributed by atoms with Crippen molar-refractivity contribution in [3.63, 3.8) is 0 Å². The van der Waals surface area contributed by atoms with Gasteiger partial charge in [0.25, 0.3) is 5.91 Å². The summed E-state index contributed by atoms with van der Waals surface area (Å²) in [6.45, 7) is 2.80. The van der Waals surface area contributed by atoms with Gasteiger partial charge in [-0.05, 0) is 72.3 Å². The topological polar surface area (TPSA) is 41.6 Å². The quantitative estimate of drug-likeness (QED) is 0.870. The number of amides is 1. The van der Waals surface area contributed by atoms with Crippen molar-refractivity contribution in [1.82, 2.24) is 10.2 Å². The third-order valence-corrected chi connectivity index (χ3v) is 5.27. The Bertz CT molecular complexity index is 537. The van der Waals surface area contributed by atoms with Crippen molar-refractivity contribution < 1.29 is 9.53 Å². The van der Waals surface area contributed by atoms with E-state index < -0.39 is 0 Å². The molecule has 1 aromatic rings. The number of methoxy groups -OCH3 is 1. The minimum absolute atomic E-state index is 0.0893. The third-order valence-electron chi connectivity index (χ3n) is 4.58. The summed E-state index contributed by atoms with van der Waals surface area (Å²) in [6, 6.07) is 6.10. The number of piperidine rings is 1. The minimum atomic E-state index is 0.0893. The van der Waals surface area contributed by atoms with E-state index in [1.807, 2.05) is 23.1 Å². The average molecular weight is 367 g/mol. The second-order valence-corrected chi connectivity index (χ2v) is 7.12. The van der Waals surface area contributed by atoms with Crippen molar-refractivity contribution in [3.8, 4) is 5.75 Å². The number of nitrogens with one attached hydrogen (secondary N) is 1. The molecule has 0 spiro atoms. The SMILES string of the molecule is COc1ccc(Br)c(C(=O)N2CCC(NCC3CC3)CC2)c1. The predicted octanol–water partition coefficient (Wildman–Crippen LogP) is 3.06. The van der Waals surface area contributed by atoms with Gasteiger partial charge < -0.3 is 15.0 Å². The van der Waals surface area contributed by atoms with E-state index in [0.29, 0.717) is 17.4 Å². The summed E-state index contributed by atoms with van der Waals surface area (Å²) < 4.78 is 6.05. The largest absolute Gasteiger partial charge is 0.497 e. The molecule has 1 amide bonds. The number of carbonyl (C=O) groups excluding carboxylic acids is 1. The van der Waals surface area contributed by atoms with E-state index in [1.54, 1.807) is 7.11 Å². The first-order valence-corrected chi connectivity index (χ1v) is 8.83. The number of nitrogens with zero attached hydrogens (tertiary/aromatic N) is 1. The smallest absolute Gasteiger partial charge is 0.255 e. The Labute approximate surface area is 140 Å². The van der Waals surface area contributed by atoms with Gasteiger partial charge in [-0.15, -0.1) is 0 Å². The van der Waals surface area contributed by atoms with Gasteiger partial charge in [0, 0.05) is 23.6 Å². The Morgan fingerprint density at radius 3 is 2.68 bits per heavy atom. The molecule has 1 aliphatic heterocycles. The third kappa shape index (κ3) is 3.82. The van der Waals surface area contributed by atoms with Crippen LogP contribution in [0, 0.1) is 5.92 Å². The summed E-state index contributed by atoms with van der Waals surface area (Å²) in [6.07, 6.45) is 4.85. The summed E-state index contributed by atoms with van der Waals surface area (Å²) in [5.41, 5.74) is 0.684. The van der Waals surface area contributed by atoms with Gasteiger partial charge in [0.1, 0.15) is 5.75 Å². The van der Waals surface area contributed by atoms with Gasteiger partial charge >= 0.3 is 0 Å². The van der Waals surface area contributed by atoms with E-state index in [0.717, 1.165) is 42.9 Å². The first-order valence-electron chi connectivity index (χ1n) is 8.03. The molecule has 2 fully saturated rings. The second-order valence-electron chi connectivity index (χ2n) is 6.26. The van der Waals surface area contributed by atoms with Crippen LogP contribution in [0.2, 0.25) is 0 Å². The Morgan fingerprint density at radius 1 is 1.32 bits per heavy atom. The van der Waals surface area contributed by atoms with Crippen LogP contribution in [0.5, 0.6) is 5.75 Å². The highest BCUT2D eigenvalue weighted by Crippen LogP contribution is 2.28. The standard InChI is InChI=1S/C17H23BrN2O2/c1-22-14-4-5-16(18)15(10-14)17(21)20-8-6-13(7-9-20)19-11-12-2-3-12/h4-5,10,12-13,19H,2-3,6-9,11H2,1H3. The molecule has 1 aromatic carbocycles. The highest BCUT2D eigenvalue weighted by Gasteiger charge is 2.27. The van der Waals surface area contributed by atoms with Crippen LogP contribution in [0.3, 0.4) is 0 Å². The number of benzene rings is 1. The summed E-state index contributed by atoms with van der Waals surface area (Å²) in [7, 11) is 1.62. The minimum Gasteiger partial charge on any atom is -0.497 e. The Balaban J connectivity index is 1.56. The van der Waals surface area contributed by atoms with Crippen LogP contribution in [0.15, 0.2) is 22.7 Å². The maximum absolute atomic E-state index is 12.7. The molecule has 0 aromatic heterocycles. The molecule has 1 saturated heterocycles. The summed E-state index contributed by atoms with van der Waals surface area (Å²) >= 11 is 3.47. The van der Waals surface area contributed by atoms with Gasteiger partial charge in [-0.1, -0.05) is 0 Å². The fraction of sp³-hybridized carbons (Fsp3) is 0.588. The molecule has 4 nitrogen and oxygen atoms in total. The van der Waals surface area contributed by atoms with Crippen LogP contribution in [0.4, 0.5) is 0 Å². The number of halogens is 1. The fourth-order valence-electron chi connectivity index (χ4n) is 2.91. The van der Waals surface area contributed by atoms with Crippen LogP contribution in [0.25, 0.3) is 0 Å². The lowest BCUT2D eigenvalue weighted by Gasteiger charge is -2.33. The fourth-order valence-corrected chi connectivity index (χ4v) is 3.32. The van der Waals surface area contributed by atoms with Crippen molar-refractivity contribution in [1.29, 1.82) is 0 Å². The normalized spacial score (nSPS) is 19.3. The molecule has 0 atom stereocenters. The van der Waals surface area contributed by atoms with Crippen molar-refractivity contribution in [2.45, 2.75) is 31.7 Å². The lowest BCUT2D eigenvalue weighted by molar-refractivity contribution is 0.0703. The Kier molecular flexibility index (Phi) is 5.03. The molecule has 0 unspecified atom stereocenters. The van der Waals surface area contributed by atoms with Crippen LogP contribution in [0.1, 0.15) is 36.0 Å². The first-order chi connectivity index (χ1) is 10.7. The molecular weight excluding hydrogens is 344 g/mol. The van der Waals surface area contributed by atoms with E-state index in [1.165, 1.54) is 12.8 Å². The number of likely N-dealkylation sites (tertiary alicyclic amines) is 1. The second kappa shape index (κ2) is 7.01. The van der Waals surface area contributed by atoms with Crippen LogP contribution < -0.4 is 10.1 Å². The molecule has 1 saturated carbocycles. The zero-order chi connectivity index (χ0) is 15.5. The average Bonchev–Trinajstić information content (AvgIpc) is 3.38. The number of hydrogen-bond donors (Lipinski definition) is 1. The monoisotopic (exact) mass is 366 g/mol. The number of ether oxygens (including phenoxy) is 1. The van der Waals surface area contributed by atoms with E-state index in [2.05, 4.69) is 21.2 Å². The Morgan fingerprint density at radius 2 is 2.05 bits per heavy atom. The molecule has 5 heteroatoms. The molecule has 1 N–H and O–H groups in total. The molecule has 1 heterocycles. The summed E-state index contributed by atoms with van der Waals surface area (Å²) in [4.78, 5) is 14.6. The summed E-state index contributed by atoms with van der Waals surface area (Å²) in [5.74, 6) is 1.71. The van der Waals surface area contributed by atoms with Gasteiger partial charge in [0.05, 0.1) is 12.7 Å². The molecule has 0 radical (unpaired) electrons. The molecule has 22 heavy (non-hydrogen) atoms. The van der Waals surface area contributed by atoms with Crippen molar-refractivity contribution in [2.24, 2.45) is 5.92 Å². The lowest BCUT2D eigenvalue weighted by Crippen LogP contribution is -2.45. The van der Waals surface area contributed by atoms with Crippen LogP contribution in [-0.4, -0.2) is 43.6 Å².